The molecule has 2 rings (SSSR count). The van der Waals surface area contributed by atoms with Gasteiger partial charge in [0.25, 0.3) is 0 Å². The zero-order valence-corrected chi connectivity index (χ0v) is 52.3. The molecule has 26 N–H and O–H groups in total. The van der Waals surface area contributed by atoms with Gasteiger partial charge in [0.2, 0.25) is 76.8 Å². The van der Waals surface area contributed by atoms with Gasteiger partial charge in [-0.1, -0.05) is 60.7 Å². The third-order valence-electron chi connectivity index (χ3n) is 13.8. The highest BCUT2D eigenvalue weighted by Gasteiger charge is 2.34. The number of aliphatic imine (C=N–C) groups is 1. The van der Waals surface area contributed by atoms with E-state index in [4.69, 9.17) is 34.4 Å². The number of benzene rings is 2. The number of rotatable bonds is 43. The number of aliphatic hydroxyl groups excluding tert-OH is 2. The summed E-state index contributed by atoms with van der Waals surface area (Å²) in [5, 5.41) is 49.6. The van der Waals surface area contributed by atoms with Gasteiger partial charge < -0.3 is 108 Å². The van der Waals surface area contributed by atoms with Crippen LogP contribution < -0.4 is 98.2 Å². The van der Waals surface area contributed by atoms with Crippen molar-refractivity contribution in [2.45, 2.75) is 158 Å². The molecule has 34 heteroatoms. The number of unbranched alkanes of at least 4 members (excludes halogenated alkanes) is 2. The molecule has 0 saturated heterocycles. The third-order valence-corrected chi connectivity index (χ3v) is 13.8. The van der Waals surface area contributed by atoms with Crippen LogP contribution in [0.1, 0.15) is 90.2 Å². The van der Waals surface area contributed by atoms with Gasteiger partial charge in [0, 0.05) is 13.0 Å². The molecule has 13 amide bonds. The lowest BCUT2D eigenvalue weighted by atomic mass is 10.0. The van der Waals surface area contributed by atoms with Crippen LogP contribution in [0.25, 0.3) is 0 Å². The Hall–Kier alpha value is -9.38. The second-order valence-electron chi connectivity index (χ2n) is 21.6. The second-order valence-corrected chi connectivity index (χ2v) is 21.6. The van der Waals surface area contributed by atoms with Gasteiger partial charge >= 0.3 is 0 Å². The van der Waals surface area contributed by atoms with Gasteiger partial charge in [-0.3, -0.25) is 67.3 Å². The molecule has 11 atom stereocenters. The van der Waals surface area contributed by atoms with Gasteiger partial charge in [0.1, 0.15) is 54.4 Å². The van der Waals surface area contributed by atoms with Gasteiger partial charge in [-0.25, -0.2) is 0 Å². The number of nitrogens with two attached hydrogens (primary N) is 6. The maximum Gasteiger partial charge on any atom is 0.245 e. The van der Waals surface area contributed by atoms with Crippen LogP contribution in [0.4, 0.5) is 0 Å². The van der Waals surface area contributed by atoms with E-state index in [0.29, 0.717) is 31.4 Å². The minimum atomic E-state index is -1.69. The molecule has 0 aliphatic carbocycles. The highest BCUT2D eigenvalue weighted by molar-refractivity contribution is 5.99. The third kappa shape index (κ3) is 30.9. The first-order valence-electron chi connectivity index (χ1n) is 30.0. The average Bonchev–Trinajstić information content (AvgIpc) is 2.15. The topological polar surface area (TPSA) is 575 Å². The summed E-state index contributed by atoms with van der Waals surface area (Å²) in [6, 6.07) is 3.86. The second kappa shape index (κ2) is 42.6. The molecule has 0 spiro atoms. The molecule has 0 fully saturated rings. The molecule has 2 aromatic rings. The van der Waals surface area contributed by atoms with Crippen molar-refractivity contribution < 1.29 is 72.5 Å². The zero-order valence-electron chi connectivity index (χ0n) is 52.3. The van der Waals surface area contributed by atoms with Crippen LogP contribution in [0.15, 0.2) is 65.7 Å². The number of hydrogen-bond acceptors (Lipinski definition) is 19. The molecule has 34 nitrogen and oxygen atoms in total. The summed E-state index contributed by atoms with van der Waals surface area (Å²) in [5.41, 5.74) is 34.9. The fraction of sp³-hybridized carbons (Fsp3) is 0.552. The van der Waals surface area contributed by atoms with E-state index in [1.165, 1.54) is 27.7 Å². The molecular formula is C58H93N19O15. The van der Waals surface area contributed by atoms with Gasteiger partial charge in [0.15, 0.2) is 5.96 Å². The van der Waals surface area contributed by atoms with Crippen molar-refractivity contribution in [3.63, 3.8) is 0 Å². The number of hydrogen-bond donors (Lipinski definition) is 20. The summed E-state index contributed by atoms with van der Waals surface area (Å²) in [6.07, 6.45) is 0.558. The molecule has 0 heterocycles. The fourth-order valence-electron chi connectivity index (χ4n) is 8.53. The number of nitrogens with one attached hydrogen (secondary N) is 12. The Kier molecular flexibility index (Phi) is 36.4. The van der Waals surface area contributed by atoms with Crippen LogP contribution in [0.5, 0.6) is 0 Å². The molecule has 0 aliphatic rings. The predicted molar refractivity (Wildman–Crippen MR) is 335 cm³/mol. The van der Waals surface area contributed by atoms with E-state index in [2.05, 4.69) is 68.8 Å². The number of nitrogens with zero attached hydrogens (tertiary/aromatic N) is 1. The highest BCUT2D eigenvalue weighted by Crippen LogP contribution is 2.09. The average molecular weight is 1300 g/mol. The fourth-order valence-corrected chi connectivity index (χ4v) is 8.53. The smallest absolute Gasteiger partial charge is 0.245 e. The summed E-state index contributed by atoms with van der Waals surface area (Å²) >= 11 is 0. The quantitative estimate of drug-likeness (QED) is 0.0167. The normalized spacial score (nSPS) is 14.4. The molecule has 0 saturated carbocycles. The van der Waals surface area contributed by atoms with Crippen molar-refractivity contribution in [3.8, 4) is 0 Å². The first kappa shape index (κ1) is 78.7. The van der Waals surface area contributed by atoms with Crippen LogP contribution in [0, 0.1) is 0 Å². The SMILES string of the molecule is C[C@H](NC(=O)CNC(=O)[C@@H](NC(=O)[C@H](Cc1ccccc1)NC(=O)CNC(=O)CNC(=O)[C@@H](N)Cc1ccccc1)[C@@H](C)O)C(=O)N[C@@H](C)C(=O)N[C@@H](CCCCN)C(=O)N[C@@H](CO)C(=O)N[C@@H](C)C(=O)N[C@@H](CCCN=C(N)N)C(=O)N[C@@H](CCCCN)C(N)=O. The summed E-state index contributed by atoms with van der Waals surface area (Å²) in [4.78, 5) is 175. The Morgan fingerprint density at radius 2 is 0.848 bits per heavy atom. The number of aliphatic hydroxyl groups is 2. The Labute approximate surface area is 532 Å². The number of amides is 13. The minimum absolute atomic E-state index is 0.0217. The molecule has 2 aromatic carbocycles. The lowest BCUT2D eigenvalue weighted by molar-refractivity contribution is -0.136. The number of carbonyl (C=O) groups is 13. The first-order valence-corrected chi connectivity index (χ1v) is 30.0. The van der Waals surface area contributed by atoms with E-state index in [9.17, 15) is 72.5 Å². The molecular weight excluding hydrogens is 1200 g/mol. The Morgan fingerprint density at radius 1 is 0.435 bits per heavy atom. The largest absolute Gasteiger partial charge is 0.394 e. The Bertz CT molecular complexity index is 2800. The standard InChI is InChI=1S/C58H93N19O15/c1-32(69-45(81)30-68-57(92)47(35(4)79)77-55(90)42(27-37-18-9-6-10-19-37)72-46(82)29-66-44(80)28-67-52(87)38(61)26-36-16-7-5-8-17-36)49(84)70-33(2)50(85)74-40(21-12-14-24-60)54(89)76-43(31-78)56(91)71-34(3)51(86)75-41(22-15-25-65-58(63)64)53(88)73-39(48(62)83)20-11-13-23-59/h5-10,16-19,32-35,38-43,47,78-79H,11-15,20-31,59-61H2,1-4H3,(H2,62,83)(H,66,80)(H,67,87)(H,68,92)(H,69,81)(H,70,84)(H,71,91)(H,72,82)(H,73,88)(H,74,85)(H,75,86)(H,76,89)(H,77,90)(H4,63,64,65)/t32-,33-,34-,35+,38-,39-,40-,41-,42-,43-,47-/m0/s1. The lowest BCUT2D eigenvalue weighted by Gasteiger charge is -2.26. The number of guanidine groups is 1. The van der Waals surface area contributed by atoms with Gasteiger partial charge in [0.05, 0.1) is 38.4 Å². The van der Waals surface area contributed by atoms with Crippen molar-refractivity contribution in [2.75, 3.05) is 45.9 Å². The van der Waals surface area contributed by atoms with E-state index < -0.39 is 170 Å². The molecule has 92 heavy (non-hydrogen) atoms. The maximum absolute atomic E-state index is 13.7. The molecule has 0 aliphatic heterocycles. The Morgan fingerprint density at radius 3 is 1.36 bits per heavy atom. The lowest BCUT2D eigenvalue weighted by Crippen LogP contribution is -2.60. The summed E-state index contributed by atoms with van der Waals surface area (Å²) in [5.74, 6) is -11.5. The minimum Gasteiger partial charge on any atom is -0.394 e. The van der Waals surface area contributed by atoms with Crippen LogP contribution in [0.3, 0.4) is 0 Å². The van der Waals surface area contributed by atoms with Crippen molar-refractivity contribution in [1.82, 2.24) is 63.8 Å². The van der Waals surface area contributed by atoms with E-state index in [-0.39, 0.29) is 64.0 Å². The van der Waals surface area contributed by atoms with Gasteiger partial charge in [-0.05, 0) is 110 Å². The van der Waals surface area contributed by atoms with E-state index >= 15 is 0 Å². The van der Waals surface area contributed by atoms with E-state index in [0.717, 1.165) is 5.56 Å². The van der Waals surface area contributed by atoms with Crippen LogP contribution in [0.2, 0.25) is 0 Å². The zero-order chi connectivity index (χ0) is 68.9. The van der Waals surface area contributed by atoms with Gasteiger partial charge in [-0.2, -0.15) is 0 Å². The summed E-state index contributed by atoms with van der Waals surface area (Å²) < 4.78 is 0. The van der Waals surface area contributed by atoms with Crippen molar-refractivity contribution in [1.29, 1.82) is 0 Å². The van der Waals surface area contributed by atoms with Crippen molar-refractivity contribution >= 4 is 82.8 Å². The molecule has 0 aromatic heterocycles. The van der Waals surface area contributed by atoms with Crippen LogP contribution >= 0.6 is 0 Å². The first-order chi connectivity index (χ1) is 43.6. The maximum atomic E-state index is 13.7. The van der Waals surface area contributed by atoms with Crippen LogP contribution in [-0.4, -0.2) is 205 Å². The van der Waals surface area contributed by atoms with E-state index in [1.807, 2.05) is 6.07 Å². The van der Waals surface area contributed by atoms with Gasteiger partial charge in [-0.15, -0.1) is 0 Å². The van der Waals surface area contributed by atoms with Crippen molar-refractivity contribution in [3.05, 3.63) is 71.8 Å². The van der Waals surface area contributed by atoms with Crippen LogP contribution in [-0.2, 0) is 75.2 Å². The monoisotopic (exact) mass is 1300 g/mol. The number of primary amides is 1. The van der Waals surface area contributed by atoms with E-state index in [1.54, 1.807) is 54.6 Å². The Balaban J connectivity index is 2.03. The highest BCUT2D eigenvalue weighted by atomic mass is 16.3. The predicted octanol–water partition coefficient (Wildman–Crippen LogP) is -8.26. The molecule has 510 valence electrons. The summed E-state index contributed by atoms with van der Waals surface area (Å²) in [6.45, 7) is 2.68. The molecule has 0 radical (unpaired) electrons. The molecule has 0 unspecified atom stereocenters. The molecule has 0 bridgehead atoms. The summed E-state index contributed by atoms with van der Waals surface area (Å²) in [7, 11) is 0. The van der Waals surface area contributed by atoms with Crippen molar-refractivity contribution in [2.24, 2.45) is 39.4 Å². The number of carbonyl (C=O) groups excluding carboxylic acids is 13.